The number of fused-ring (bicyclic) bond motifs is 1. The van der Waals surface area contributed by atoms with Gasteiger partial charge in [-0.3, -0.25) is 19.3 Å². The van der Waals surface area contributed by atoms with Crippen molar-refractivity contribution in [3.8, 4) is 5.75 Å². The first-order valence-corrected chi connectivity index (χ1v) is 9.48. The van der Waals surface area contributed by atoms with Crippen LogP contribution in [-0.2, 0) is 9.59 Å². The minimum Gasteiger partial charge on any atom is -0.476 e. The summed E-state index contributed by atoms with van der Waals surface area (Å²) in [5.41, 5.74) is 0.306. The van der Waals surface area contributed by atoms with Crippen LogP contribution < -0.4 is 20.3 Å². The molecule has 1 aliphatic rings. The van der Waals surface area contributed by atoms with E-state index in [1.54, 1.807) is 44.2 Å². The lowest BCUT2D eigenvalue weighted by atomic mass is 10.0. The summed E-state index contributed by atoms with van der Waals surface area (Å²) in [5, 5.41) is 5.60. The molecule has 3 amide bonds. The molecule has 152 valence electrons. The van der Waals surface area contributed by atoms with Gasteiger partial charge >= 0.3 is 0 Å². The van der Waals surface area contributed by atoms with Crippen LogP contribution >= 0.6 is 0 Å². The number of amides is 3. The summed E-state index contributed by atoms with van der Waals surface area (Å²) in [4.78, 5) is 39.3. The first-order valence-electron chi connectivity index (χ1n) is 9.48. The van der Waals surface area contributed by atoms with Crippen molar-refractivity contribution < 1.29 is 19.1 Å². The Hall–Kier alpha value is -3.35. The van der Waals surface area contributed by atoms with Crippen molar-refractivity contribution in [3.05, 3.63) is 54.1 Å². The Morgan fingerprint density at radius 3 is 2.45 bits per heavy atom. The van der Waals surface area contributed by atoms with Crippen molar-refractivity contribution in [2.45, 2.75) is 39.3 Å². The highest BCUT2D eigenvalue weighted by Crippen LogP contribution is 2.38. The van der Waals surface area contributed by atoms with Gasteiger partial charge in [-0.05, 0) is 58.0 Å². The maximum atomic E-state index is 13.0. The number of anilines is 2. The lowest BCUT2D eigenvalue weighted by Gasteiger charge is -2.38. The van der Waals surface area contributed by atoms with Gasteiger partial charge in [0.05, 0.1) is 5.69 Å². The molecule has 0 fully saturated rings. The lowest BCUT2D eigenvalue weighted by Crippen LogP contribution is -2.54. The molecule has 7 heteroatoms. The third-order valence-electron chi connectivity index (χ3n) is 4.42. The Balaban J connectivity index is 1.90. The number of para-hydroxylation sites is 1. The van der Waals surface area contributed by atoms with E-state index in [1.165, 1.54) is 4.90 Å². The maximum absolute atomic E-state index is 13.0. The van der Waals surface area contributed by atoms with Crippen LogP contribution in [0.3, 0.4) is 0 Å². The van der Waals surface area contributed by atoms with Gasteiger partial charge in [-0.15, -0.1) is 0 Å². The topological polar surface area (TPSA) is 87.7 Å². The second-order valence-electron chi connectivity index (χ2n) is 7.73. The minimum absolute atomic E-state index is 0.0249. The van der Waals surface area contributed by atoms with Gasteiger partial charge in [0.1, 0.15) is 12.3 Å². The average molecular weight is 395 g/mol. The van der Waals surface area contributed by atoms with Gasteiger partial charge < -0.3 is 15.4 Å². The van der Waals surface area contributed by atoms with E-state index in [0.717, 1.165) is 0 Å². The van der Waals surface area contributed by atoms with Crippen LogP contribution in [0.4, 0.5) is 11.4 Å². The predicted molar refractivity (Wildman–Crippen MR) is 111 cm³/mol. The van der Waals surface area contributed by atoms with Crippen molar-refractivity contribution in [1.29, 1.82) is 0 Å². The normalized spacial score (nSPS) is 14.8. The number of hydrogen-bond acceptors (Lipinski definition) is 4. The number of benzene rings is 2. The molecule has 2 N–H and O–H groups in total. The van der Waals surface area contributed by atoms with Crippen molar-refractivity contribution in [3.63, 3.8) is 0 Å². The number of nitrogens with zero attached hydrogens (tertiary/aromatic N) is 1. The molecule has 0 bridgehead atoms. The zero-order chi connectivity index (χ0) is 21.2. The van der Waals surface area contributed by atoms with Gasteiger partial charge in [0.15, 0.2) is 5.60 Å². The van der Waals surface area contributed by atoms with Crippen molar-refractivity contribution in [2.75, 3.05) is 16.8 Å². The van der Waals surface area contributed by atoms with Crippen LogP contribution in [0.1, 0.15) is 38.1 Å². The van der Waals surface area contributed by atoms with Gasteiger partial charge in [0.2, 0.25) is 5.91 Å². The van der Waals surface area contributed by atoms with E-state index in [1.807, 2.05) is 32.0 Å². The molecular formula is C22H25N3O4. The quantitative estimate of drug-likeness (QED) is 0.815. The number of nitrogens with one attached hydrogen (secondary N) is 2. The van der Waals surface area contributed by atoms with Crippen LogP contribution in [0.25, 0.3) is 0 Å². The van der Waals surface area contributed by atoms with Gasteiger partial charge in [0.25, 0.3) is 11.8 Å². The Morgan fingerprint density at radius 1 is 1.10 bits per heavy atom. The van der Waals surface area contributed by atoms with E-state index in [4.69, 9.17) is 4.74 Å². The lowest BCUT2D eigenvalue weighted by molar-refractivity contribution is -0.133. The Morgan fingerprint density at radius 2 is 1.79 bits per heavy atom. The number of carbonyl (C=O) groups is 3. The highest BCUT2D eigenvalue weighted by atomic mass is 16.5. The largest absolute Gasteiger partial charge is 0.476 e. The maximum Gasteiger partial charge on any atom is 0.271 e. The summed E-state index contributed by atoms with van der Waals surface area (Å²) >= 11 is 0. The van der Waals surface area contributed by atoms with E-state index in [9.17, 15) is 14.4 Å². The summed E-state index contributed by atoms with van der Waals surface area (Å²) in [5.74, 6) is -0.503. The summed E-state index contributed by atoms with van der Waals surface area (Å²) < 4.78 is 5.82. The molecule has 0 saturated carbocycles. The molecule has 0 aromatic heterocycles. The monoisotopic (exact) mass is 395 g/mol. The van der Waals surface area contributed by atoms with Crippen LogP contribution in [-0.4, -0.2) is 35.9 Å². The van der Waals surface area contributed by atoms with Crippen molar-refractivity contribution >= 4 is 29.1 Å². The Kier molecular flexibility index (Phi) is 5.59. The minimum atomic E-state index is -1.12. The fourth-order valence-corrected chi connectivity index (χ4v) is 3.08. The van der Waals surface area contributed by atoms with Crippen molar-refractivity contribution in [1.82, 2.24) is 5.32 Å². The molecule has 2 aromatic rings. The summed E-state index contributed by atoms with van der Waals surface area (Å²) in [6.45, 7) is 6.85. The molecule has 7 nitrogen and oxygen atoms in total. The highest BCUT2D eigenvalue weighted by Gasteiger charge is 2.41. The molecule has 1 heterocycles. The summed E-state index contributed by atoms with van der Waals surface area (Å²) in [6, 6.07) is 13.9. The van der Waals surface area contributed by atoms with Gasteiger partial charge in [-0.2, -0.15) is 0 Å². The number of ether oxygens (including phenoxy) is 1. The highest BCUT2D eigenvalue weighted by molar-refractivity contribution is 6.08. The van der Waals surface area contributed by atoms with Gasteiger partial charge in [-0.25, -0.2) is 0 Å². The van der Waals surface area contributed by atoms with Gasteiger partial charge in [0, 0.05) is 17.3 Å². The van der Waals surface area contributed by atoms with Crippen LogP contribution in [0, 0.1) is 0 Å². The smallest absolute Gasteiger partial charge is 0.271 e. The van der Waals surface area contributed by atoms with E-state index in [0.29, 0.717) is 22.7 Å². The second-order valence-corrected chi connectivity index (χ2v) is 7.73. The molecule has 2 aromatic carbocycles. The zero-order valence-corrected chi connectivity index (χ0v) is 17.0. The third-order valence-corrected chi connectivity index (χ3v) is 4.42. The van der Waals surface area contributed by atoms with E-state index < -0.39 is 5.60 Å². The number of hydrogen-bond donors (Lipinski definition) is 2. The van der Waals surface area contributed by atoms with Crippen LogP contribution in [0.5, 0.6) is 5.75 Å². The standard InChI is InChI=1S/C22H25N3O4/c1-14(2)23-20(27)15-10-11-18-17(12-15)25(21(28)22(3,4)29-18)13-19(26)24-16-8-6-5-7-9-16/h5-12,14H,13H2,1-4H3,(H,23,27)(H,24,26). The first kappa shape index (κ1) is 20.4. The molecule has 29 heavy (non-hydrogen) atoms. The molecule has 3 rings (SSSR count). The molecule has 0 atom stereocenters. The number of carbonyl (C=O) groups excluding carboxylic acids is 3. The Bertz CT molecular complexity index is 938. The fraction of sp³-hybridized carbons (Fsp3) is 0.318. The van der Waals surface area contributed by atoms with Crippen molar-refractivity contribution in [2.24, 2.45) is 0 Å². The van der Waals surface area contributed by atoms with Crippen LogP contribution in [0.15, 0.2) is 48.5 Å². The zero-order valence-electron chi connectivity index (χ0n) is 17.0. The molecule has 1 aliphatic heterocycles. The fourth-order valence-electron chi connectivity index (χ4n) is 3.08. The average Bonchev–Trinajstić information content (AvgIpc) is 2.65. The molecule has 0 saturated heterocycles. The number of rotatable bonds is 5. The van der Waals surface area contributed by atoms with E-state index in [-0.39, 0.29) is 30.3 Å². The second kappa shape index (κ2) is 7.95. The van der Waals surface area contributed by atoms with E-state index in [2.05, 4.69) is 10.6 Å². The molecule has 0 aliphatic carbocycles. The molecule has 0 unspecified atom stereocenters. The van der Waals surface area contributed by atoms with Gasteiger partial charge in [-0.1, -0.05) is 18.2 Å². The molecule has 0 radical (unpaired) electrons. The summed E-state index contributed by atoms with van der Waals surface area (Å²) in [6.07, 6.45) is 0. The predicted octanol–water partition coefficient (Wildman–Crippen LogP) is 2.97. The Labute approximate surface area is 170 Å². The van der Waals surface area contributed by atoms with Crippen LogP contribution in [0.2, 0.25) is 0 Å². The molecular weight excluding hydrogens is 370 g/mol. The molecule has 0 spiro atoms. The van der Waals surface area contributed by atoms with E-state index >= 15 is 0 Å². The SMILES string of the molecule is CC(C)NC(=O)c1ccc2c(c1)N(CC(=O)Nc1ccccc1)C(=O)C(C)(C)O2. The summed E-state index contributed by atoms with van der Waals surface area (Å²) in [7, 11) is 0. The first-order chi connectivity index (χ1) is 13.7. The third kappa shape index (κ3) is 4.56.